The molecule has 3 nitrogen and oxygen atoms in total. The Kier molecular flexibility index (Phi) is 3.14. The van der Waals surface area contributed by atoms with Gasteiger partial charge in [0.2, 0.25) is 0 Å². The lowest BCUT2D eigenvalue weighted by atomic mass is 9.87. The minimum absolute atomic E-state index is 0.119. The van der Waals surface area contributed by atoms with Crippen LogP contribution in [-0.2, 0) is 4.74 Å². The summed E-state index contributed by atoms with van der Waals surface area (Å²) in [6.45, 7) is 2.09. The van der Waals surface area contributed by atoms with Gasteiger partial charge in [0, 0.05) is 17.8 Å². The van der Waals surface area contributed by atoms with E-state index >= 15 is 0 Å². The van der Waals surface area contributed by atoms with Gasteiger partial charge in [-0.2, -0.15) is 0 Å². The topological polar surface area (TPSA) is 41.5 Å². The van der Waals surface area contributed by atoms with Crippen molar-refractivity contribution in [2.45, 2.75) is 0 Å². The van der Waals surface area contributed by atoms with Crippen molar-refractivity contribution in [2.75, 3.05) is 31.7 Å². The van der Waals surface area contributed by atoms with E-state index in [0.29, 0.717) is 19.8 Å². The molecule has 1 aromatic carbocycles. The van der Waals surface area contributed by atoms with E-state index in [1.165, 1.54) is 0 Å². The van der Waals surface area contributed by atoms with Gasteiger partial charge in [-0.3, -0.25) is 0 Å². The average Bonchev–Trinajstić information content (AvgIpc) is 2.29. The molecule has 1 saturated heterocycles. The highest BCUT2D eigenvalue weighted by Crippen LogP contribution is 2.27. The number of terminal acetylenes is 1. The Morgan fingerprint density at radius 1 is 1.50 bits per heavy atom. The van der Waals surface area contributed by atoms with E-state index in [9.17, 15) is 5.11 Å². The maximum atomic E-state index is 9.26. The van der Waals surface area contributed by atoms with Crippen molar-refractivity contribution in [3.8, 4) is 12.3 Å². The molecule has 84 valence electrons. The zero-order valence-electron chi connectivity index (χ0n) is 9.07. The lowest BCUT2D eigenvalue weighted by molar-refractivity contribution is -0.128. The minimum Gasteiger partial charge on any atom is -0.396 e. The fourth-order valence-corrected chi connectivity index (χ4v) is 1.65. The zero-order chi connectivity index (χ0) is 11.4. The third-order valence-corrected chi connectivity index (χ3v) is 2.85. The van der Waals surface area contributed by atoms with Crippen LogP contribution in [0.2, 0.25) is 0 Å². The Bertz CT molecular complexity index is 399. The summed E-state index contributed by atoms with van der Waals surface area (Å²) in [7, 11) is 0. The maximum absolute atomic E-state index is 9.26. The highest BCUT2D eigenvalue weighted by atomic mass is 16.5. The summed E-state index contributed by atoms with van der Waals surface area (Å²) in [5.74, 6) is 2.59. The summed E-state index contributed by atoms with van der Waals surface area (Å²) in [5.41, 5.74) is 1.72. The summed E-state index contributed by atoms with van der Waals surface area (Å²) >= 11 is 0. The molecule has 0 amide bonds. The second-order valence-electron chi connectivity index (χ2n) is 4.23. The first-order valence-electron chi connectivity index (χ1n) is 5.27. The van der Waals surface area contributed by atoms with Gasteiger partial charge in [-0.05, 0) is 18.2 Å². The van der Waals surface area contributed by atoms with Gasteiger partial charge in [0.15, 0.2) is 0 Å². The van der Waals surface area contributed by atoms with Crippen LogP contribution in [0.25, 0.3) is 0 Å². The number of ether oxygens (including phenoxy) is 1. The van der Waals surface area contributed by atoms with Gasteiger partial charge in [0.05, 0.1) is 25.2 Å². The van der Waals surface area contributed by atoms with Crippen molar-refractivity contribution in [3.63, 3.8) is 0 Å². The molecule has 0 atom stereocenters. The fourth-order valence-electron chi connectivity index (χ4n) is 1.65. The normalized spacial score (nSPS) is 17.2. The van der Waals surface area contributed by atoms with Crippen LogP contribution in [0.5, 0.6) is 0 Å². The van der Waals surface area contributed by atoms with E-state index in [-0.39, 0.29) is 12.0 Å². The third kappa shape index (κ3) is 2.19. The first-order valence-corrected chi connectivity index (χ1v) is 5.27. The quantitative estimate of drug-likeness (QED) is 0.742. The molecule has 0 aromatic heterocycles. The van der Waals surface area contributed by atoms with Crippen molar-refractivity contribution >= 4 is 5.69 Å². The van der Waals surface area contributed by atoms with Crippen LogP contribution in [-0.4, -0.2) is 31.5 Å². The molecule has 1 fully saturated rings. The largest absolute Gasteiger partial charge is 0.396 e. The van der Waals surface area contributed by atoms with Crippen molar-refractivity contribution in [2.24, 2.45) is 5.41 Å². The lowest BCUT2D eigenvalue weighted by Gasteiger charge is -2.40. The van der Waals surface area contributed by atoms with E-state index in [2.05, 4.69) is 11.2 Å². The fraction of sp³-hybridized carbons (Fsp3) is 0.385. The standard InChI is InChI=1S/C13H15NO2/c1-2-11-4-3-5-12(6-11)14-7-13(8-15)9-16-10-13/h1,3-6,14-15H,7-10H2. The smallest absolute Gasteiger partial charge is 0.0584 e. The molecule has 0 unspecified atom stereocenters. The molecule has 1 aliphatic rings. The van der Waals surface area contributed by atoms with E-state index in [4.69, 9.17) is 11.2 Å². The van der Waals surface area contributed by atoms with E-state index in [1.54, 1.807) is 0 Å². The summed E-state index contributed by atoms with van der Waals surface area (Å²) in [4.78, 5) is 0. The summed E-state index contributed by atoms with van der Waals surface area (Å²) in [6.07, 6.45) is 5.33. The van der Waals surface area contributed by atoms with E-state index in [1.807, 2.05) is 24.3 Å². The monoisotopic (exact) mass is 217 g/mol. The molecule has 0 radical (unpaired) electrons. The number of aliphatic hydroxyl groups is 1. The summed E-state index contributed by atoms with van der Waals surface area (Å²) in [5, 5.41) is 12.5. The summed E-state index contributed by atoms with van der Waals surface area (Å²) in [6, 6.07) is 7.69. The van der Waals surface area contributed by atoms with Crippen LogP contribution in [0.1, 0.15) is 5.56 Å². The maximum Gasteiger partial charge on any atom is 0.0584 e. The number of anilines is 1. The van der Waals surface area contributed by atoms with Gasteiger partial charge in [-0.25, -0.2) is 0 Å². The molecule has 1 heterocycles. The van der Waals surface area contributed by atoms with Gasteiger partial charge in [-0.15, -0.1) is 6.42 Å². The second kappa shape index (κ2) is 4.56. The Morgan fingerprint density at radius 3 is 2.88 bits per heavy atom. The second-order valence-corrected chi connectivity index (χ2v) is 4.23. The van der Waals surface area contributed by atoms with E-state index in [0.717, 1.165) is 11.3 Å². The predicted molar refractivity (Wildman–Crippen MR) is 63.2 cm³/mol. The van der Waals surface area contributed by atoms with Crippen LogP contribution in [0.4, 0.5) is 5.69 Å². The van der Waals surface area contributed by atoms with Crippen molar-refractivity contribution in [3.05, 3.63) is 29.8 Å². The van der Waals surface area contributed by atoms with Gasteiger partial charge < -0.3 is 15.2 Å². The third-order valence-electron chi connectivity index (χ3n) is 2.85. The zero-order valence-corrected chi connectivity index (χ0v) is 9.07. The molecule has 16 heavy (non-hydrogen) atoms. The lowest BCUT2D eigenvalue weighted by Crippen LogP contribution is -2.50. The molecule has 0 saturated carbocycles. The molecule has 1 aromatic rings. The predicted octanol–water partition coefficient (Wildman–Crippen LogP) is 1.09. The first kappa shape index (κ1) is 11.0. The van der Waals surface area contributed by atoms with Crippen LogP contribution >= 0.6 is 0 Å². The molecule has 2 rings (SSSR count). The number of aliphatic hydroxyl groups excluding tert-OH is 1. The van der Waals surface area contributed by atoms with Crippen molar-refractivity contribution in [1.29, 1.82) is 0 Å². The van der Waals surface area contributed by atoms with Crippen molar-refractivity contribution < 1.29 is 9.84 Å². The molecule has 2 N–H and O–H groups in total. The van der Waals surface area contributed by atoms with Gasteiger partial charge in [0.1, 0.15) is 0 Å². The molecular weight excluding hydrogens is 202 g/mol. The Labute approximate surface area is 95.4 Å². The summed E-state index contributed by atoms with van der Waals surface area (Å²) < 4.78 is 5.13. The van der Waals surface area contributed by atoms with Crippen LogP contribution in [0, 0.1) is 17.8 Å². The van der Waals surface area contributed by atoms with Gasteiger partial charge in [0.25, 0.3) is 0 Å². The number of rotatable bonds is 4. The highest BCUT2D eigenvalue weighted by Gasteiger charge is 2.37. The Balaban J connectivity index is 1.96. The van der Waals surface area contributed by atoms with Crippen LogP contribution in [0.3, 0.4) is 0 Å². The average molecular weight is 217 g/mol. The Hall–Kier alpha value is -1.50. The SMILES string of the molecule is C#Cc1cccc(NCC2(CO)COC2)c1. The first-order chi connectivity index (χ1) is 7.78. The van der Waals surface area contributed by atoms with Crippen LogP contribution in [0.15, 0.2) is 24.3 Å². The molecule has 0 bridgehead atoms. The van der Waals surface area contributed by atoms with Crippen molar-refractivity contribution in [1.82, 2.24) is 0 Å². The number of hydrogen-bond acceptors (Lipinski definition) is 3. The molecule has 3 heteroatoms. The highest BCUT2D eigenvalue weighted by molar-refractivity contribution is 5.50. The molecule has 1 aliphatic heterocycles. The molecule has 0 aliphatic carbocycles. The molecule has 0 spiro atoms. The number of nitrogens with one attached hydrogen (secondary N) is 1. The van der Waals surface area contributed by atoms with Crippen LogP contribution < -0.4 is 5.32 Å². The number of benzene rings is 1. The Morgan fingerprint density at radius 2 is 2.31 bits per heavy atom. The van der Waals surface area contributed by atoms with Gasteiger partial charge >= 0.3 is 0 Å². The van der Waals surface area contributed by atoms with Gasteiger partial charge in [-0.1, -0.05) is 12.0 Å². The number of hydrogen-bond donors (Lipinski definition) is 2. The molecular formula is C13H15NO2. The minimum atomic E-state index is -0.119. The van der Waals surface area contributed by atoms with E-state index < -0.39 is 0 Å².